The van der Waals surface area contributed by atoms with Gasteiger partial charge in [-0.15, -0.1) is 0 Å². The molecule has 0 amide bonds. The number of nitrogens with one attached hydrogen (secondary N) is 2. The number of halogens is 5. The molecule has 2 aromatic carbocycles. The first-order valence-corrected chi connectivity index (χ1v) is 7.47. The molecule has 26 heavy (non-hydrogen) atoms. The molecule has 0 radical (unpaired) electrons. The zero-order valence-electron chi connectivity index (χ0n) is 12.9. The van der Waals surface area contributed by atoms with Gasteiger partial charge in [0.15, 0.2) is 5.11 Å². The molecule has 0 aliphatic carbocycles. The molecule has 10 heteroatoms. The summed E-state index contributed by atoms with van der Waals surface area (Å²) in [6.07, 6.45) is -3.21. The molecular formula is C16H12F5N3OS. The standard InChI is InChI=1S/C16H12F5N3OS/c17-14(18)25-11-7-5-10(6-8-11)9-22-24-15(26)23-13-4-2-1-3-12(13)16(19,20)21/h1-9,14H,(H2,23,24,26). The third-order valence-corrected chi connectivity index (χ3v) is 3.16. The molecule has 0 aliphatic rings. The number of nitrogens with zero attached hydrogens (tertiary/aromatic N) is 1. The third kappa shape index (κ3) is 5.96. The van der Waals surface area contributed by atoms with E-state index in [-0.39, 0.29) is 16.5 Å². The van der Waals surface area contributed by atoms with Crippen LogP contribution in [0.15, 0.2) is 53.6 Å². The smallest absolute Gasteiger partial charge is 0.418 e. The van der Waals surface area contributed by atoms with Gasteiger partial charge < -0.3 is 10.1 Å². The summed E-state index contributed by atoms with van der Waals surface area (Å²) in [5.74, 6) is -0.00828. The minimum atomic E-state index is -4.52. The quantitative estimate of drug-likeness (QED) is 0.339. The van der Waals surface area contributed by atoms with Crippen LogP contribution in [-0.4, -0.2) is 17.9 Å². The Morgan fingerprint density at radius 2 is 1.73 bits per heavy atom. The molecule has 2 rings (SSSR count). The maximum absolute atomic E-state index is 12.9. The summed E-state index contributed by atoms with van der Waals surface area (Å²) < 4.78 is 67.0. The maximum atomic E-state index is 12.9. The fourth-order valence-corrected chi connectivity index (χ4v) is 2.05. The van der Waals surface area contributed by atoms with E-state index in [1.54, 1.807) is 0 Å². The van der Waals surface area contributed by atoms with E-state index < -0.39 is 18.4 Å². The molecule has 0 heterocycles. The summed E-state index contributed by atoms with van der Waals surface area (Å²) in [7, 11) is 0. The number of ether oxygens (including phenoxy) is 1. The second-order valence-corrected chi connectivity index (χ2v) is 5.22. The lowest BCUT2D eigenvalue weighted by Crippen LogP contribution is -2.25. The van der Waals surface area contributed by atoms with Crippen LogP contribution in [0.5, 0.6) is 5.75 Å². The number of alkyl halides is 5. The Kier molecular flexibility index (Phi) is 6.45. The second-order valence-electron chi connectivity index (χ2n) is 4.82. The van der Waals surface area contributed by atoms with Gasteiger partial charge in [-0.2, -0.15) is 27.1 Å². The molecule has 2 N–H and O–H groups in total. The molecule has 0 aliphatic heterocycles. The highest BCUT2D eigenvalue weighted by Crippen LogP contribution is 2.34. The molecule has 0 fully saturated rings. The number of anilines is 1. The fraction of sp³-hybridized carbons (Fsp3) is 0.125. The van der Waals surface area contributed by atoms with Crippen molar-refractivity contribution in [1.29, 1.82) is 0 Å². The topological polar surface area (TPSA) is 45.6 Å². The van der Waals surface area contributed by atoms with Gasteiger partial charge in [0.25, 0.3) is 0 Å². The van der Waals surface area contributed by atoms with Gasteiger partial charge >= 0.3 is 12.8 Å². The molecule has 0 bridgehead atoms. The Bertz CT molecular complexity index is 778. The van der Waals surface area contributed by atoms with Gasteiger partial charge in [-0.1, -0.05) is 12.1 Å². The highest BCUT2D eigenvalue weighted by atomic mass is 32.1. The van der Waals surface area contributed by atoms with Crippen LogP contribution in [0.4, 0.5) is 27.6 Å². The molecule has 0 aromatic heterocycles. The van der Waals surface area contributed by atoms with Crippen LogP contribution in [0.1, 0.15) is 11.1 Å². The maximum Gasteiger partial charge on any atom is 0.418 e. The van der Waals surface area contributed by atoms with Crippen molar-refractivity contribution in [3.05, 3.63) is 59.7 Å². The van der Waals surface area contributed by atoms with Crippen molar-refractivity contribution < 1.29 is 26.7 Å². The summed E-state index contributed by atoms with van der Waals surface area (Å²) in [6, 6.07) is 10.5. The van der Waals surface area contributed by atoms with Crippen LogP contribution < -0.4 is 15.5 Å². The zero-order valence-corrected chi connectivity index (χ0v) is 13.7. The van der Waals surface area contributed by atoms with E-state index in [9.17, 15) is 22.0 Å². The van der Waals surface area contributed by atoms with Crippen LogP contribution in [-0.2, 0) is 6.18 Å². The Hall–Kier alpha value is -2.75. The SMILES string of the molecule is FC(F)Oc1ccc(C=NNC(=S)Nc2ccccc2C(F)(F)F)cc1. The second kappa shape index (κ2) is 8.56. The average Bonchev–Trinajstić information content (AvgIpc) is 2.55. The summed E-state index contributed by atoms with van der Waals surface area (Å²) >= 11 is 4.90. The normalized spacial score (nSPS) is 11.6. The molecule has 0 spiro atoms. The summed E-state index contributed by atoms with van der Waals surface area (Å²) in [5.41, 5.74) is 1.85. The van der Waals surface area contributed by atoms with Crippen molar-refractivity contribution in [1.82, 2.24) is 5.43 Å². The van der Waals surface area contributed by atoms with Gasteiger partial charge in [0.1, 0.15) is 5.75 Å². The predicted octanol–water partition coefficient (Wildman–Crippen LogP) is 4.63. The van der Waals surface area contributed by atoms with Crippen molar-refractivity contribution in [2.75, 3.05) is 5.32 Å². The Labute approximate surface area is 150 Å². The van der Waals surface area contributed by atoms with Gasteiger partial charge in [0.2, 0.25) is 0 Å². The molecule has 2 aromatic rings. The molecular weight excluding hydrogens is 377 g/mol. The van der Waals surface area contributed by atoms with Crippen molar-refractivity contribution >= 4 is 29.2 Å². The lowest BCUT2D eigenvalue weighted by atomic mass is 10.2. The number of para-hydroxylation sites is 1. The number of hydrogen-bond acceptors (Lipinski definition) is 3. The first-order valence-electron chi connectivity index (χ1n) is 7.07. The van der Waals surface area contributed by atoms with E-state index in [1.807, 2.05) is 0 Å². The van der Waals surface area contributed by atoms with Gasteiger partial charge in [-0.3, -0.25) is 5.43 Å². The van der Waals surface area contributed by atoms with E-state index >= 15 is 0 Å². The summed E-state index contributed by atoms with van der Waals surface area (Å²) in [5, 5.41) is 6.05. The lowest BCUT2D eigenvalue weighted by molar-refractivity contribution is -0.136. The zero-order chi connectivity index (χ0) is 19.2. The summed E-state index contributed by atoms with van der Waals surface area (Å²) in [6.45, 7) is -2.92. The van der Waals surface area contributed by atoms with E-state index in [4.69, 9.17) is 12.2 Å². The number of thiocarbonyl (C=S) groups is 1. The molecule has 0 unspecified atom stereocenters. The minimum Gasteiger partial charge on any atom is -0.435 e. The summed E-state index contributed by atoms with van der Waals surface area (Å²) in [4.78, 5) is 0. The van der Waals surface area contributed by atoms with Crippen molar-refractivity contribution in [3.63, 3.8) is 0 Å². The average molecular weight is 389 g/mol. The van der Waals surface area contributed by atoms with Crippen molar-refractivity contribution in [2.24, 2.45) is 5.10 Å². The number of benzene rings is 2. The van der Waals surface area contributed by atoms with Crippen LogP contribution in [0.25, 0.3) is 0 Å². The first-order chi connectivity index (χ1) is 12.3. The minimum absolute atomic E-state index is 0.00828. The van der Waals surface area contributed by atoms with Crippen molar-refractivity contribution in [3.8, 4) is 5.75 Å². The van der Waals surface area contributed by atoms with Gasteiger partial charge in [0.05, 0.1) is 17.5 Å². The molecule has 0 atom stereocenters. The fourth-order valence-electron chi connectivity index (χ4n) is 1.89. The highest BCUT2D eigenvalue weighted by Gasteiger charge is 2.33. The Morgan fingerprint density at radius 1 is 1.08 bits per heavy atom. The number of rotatable bonds is 5. The van der Waals surface area contributed by atoms with Crippen molar-refractivity contribution in [2.45, 2.75) is 12.8 Å². The third-order valence-electron chi connectivity index (χ3n) is 2.97. The van der Waals surface area contributed by atoms with Crippen LogP contribution >= 0.6 is 12.2 Å². The monoisotopic (exact) mass is 389 g/mol. The molecule has 4 nitrogen and oxygen atoms in total. The largest absolute Gasteiger partial charge is 0.435 e. The molecule has 138 valence electrons. The van der Waals surface area contributed by atoms with E-state index in [2.05, 4.69) is 20.6 Å². The highest BCUT2D eigenvalue weighted by molar-refractivity contribution is 7.80. The van der Waals surface area contributed by atoms with Crippen LogP contribution in [0, 0.1) is 0 Å². The Morgan fingerprint density at radius 3 is 2.35 bits per heavy atom. The van der Waals surface area contributed by atoms with Gasteiger partial charge in [0, 0.05) is 0 Å². The Balaban J connectivity index is 1.94. The van der Waals surface area contributed by atoms with E-state index in [0.717, 1.165) is 6.07 Å². The van der Waals surface area contributed by atoms with E-state index in [1.165, 1.54) is 48.7 Å². The first kappa shape index (κ1) is 19.6. The van der Waals surface area contributed by atoms with E-state index in [0.29, 0.717) is 5.56 Å². The number of hydrogen-bond donors (Lipinski definition) is 2. The predicted molar refractivity (Wildman–Crippen MR) is 91.5 cm³/mol. The van der Waals surface area contributed by atoms with Gasteiger partial charge in [-0.05, 0) is 54.2 Å². The number of hydrazone groups is 1. The molecule has 0 saturated heterocycles. The lowest BCUT2D eigenvalue weighted by Gasteiger charge is -2.14. The molecule has 0 saturated carbocycles. The van der Waals surface area contributed by atoms with Crippen LogP contribution in [0.3, 0.4) is 0 Å². The van der Waals surface area contributed by atoms with Crippen LogP contribution in [0.2, 0.25) is 0 Å². The van der Waals surface area contributed by atoms with Gasteiger partial charge in [-0.25, -0.2) is 0 Å².